The van der Waals surface area contributed by atoms with Crippen molar-refractivity contribution in [2.75, 3.05) is 36.4 Å². The molecular weight excluding hydrogens is 447 g/mol. The van der Waals surface area contributed by atoms with Gasteiger partial charge in [-0.3, -0.25) is 0 Å². The van der Waals surface area contributed by atoms with E-state index in [1.54, 1.807) is 24.8 Å². The van der Waals surface area contributed by atoms with Gasteiger partial charge in [-0.2, -0.15) is 0 Å². The number of nitrogens with one attached hydrogen (secondary N) is 2. The van der Waals surface area contributed by atoms with Gasteiger partial charge in [0.15, 0.2) is 5.82 Å². The van der Waals surface area contributed by atoms with Crippen LogP contribution in [0.3, 0.4) is 0 Å². The van der Waals surface area contributed by atoms with E-state index in [4.69, 9.17) is 4.74 Å². The van der Waals surface area contributed by atoms with Gasteiger partial charge in [0.05, 0.1) is 23.1 Å². The van der Waals surface area contributed by atoms with Crippen molar-refractivity contribution < 1.29 is 22.3 Å². The molecule has 3 rings (SSSR count). The molecular formula is C23H37FN4O4S. The average molecular weight is 485 g/mol. The van der Waals surface area contributed by atoms with Crippen LogP contribution < -0.4 is 14.9 Å². The molecule has 186 valence electrons. The zero-order valence-corrected chi connectivity index (χ0v) is 21.0. The van der Waals surface area contributed by atoms with Gasteiger partial charge in [0.2, 0.25) is 10.0 Å². The minimum absolute atomic E-state index is 0.0637. The summed E-state index contributed by atoms with van der Waals surface area (Å²) in [5, 5.41) is 2.22. The third-order valence-electron chi connectivity index (χ3n) is 6.31. The summed E-state index contributed by atoms with van der Waals surface area (Å²) in [6, 6.07) is 2.93. The van der Waals surface area contributed by atoms with Gasteiger partial charge in [-0.25, -0.2) is 22.3 Å². The fourth-order valence-electron chi connectivity index (χ4n) is 4.48. The molecule has 33 heavy (non-hydrogen) atoms. The van der Waals surface area contributed by atoms with Crippen molar-refractivity contribution in [3.05, 3.63) is 23.5 Å². The summed E-state index contributed by atoms with van der Waals surface area (Å²) in [5.74, 6) is -0.408. The fourth-order valence-corrected chi connectivity index (χ4v) is 5.45. The van der Waals surface area contributed by atoms with Crippen molar-refractivity contribution in [3.63, 3.8) is 0 Å². The second kappa shape index (κ2) is 10.6. The number of carbonyl (C=O) groups is 1. The SMILES string of the molecule is CCc1c(N2CC(C)OC(C)C2)ccc(NC(=O)N2CCC(NS(=O)(=O)C(C)C)CC2)c1F. The van der Waals surface area contributed by atoms with Crippen LogP contribution in [0, 0.1) is 5.82 Å². The number of likely N-dealkylation sites (tertiary alicyclic amines) is 1. The summed E-state index contributed by atoms with van der Waals surface area (Å²) in [5.41, 5.74) is 1.58. The standard InChI is InChI=1S/C23H37FN4O4S/c1-6-19-21(28-13-16(4)32-17(5)14-28)8-7-20(22(19)24)25-23(29)27-11-9-18(10-12-27)26-33(30,31)15(2)3/h7-8,15-18,26H,6,9-14H2,1-5H3,(H,25,29). The van der Waals surface area contributed by atoms with Gasteiger partial charge in [0, 0.05) is 43.5 Å². The number of piperidine rings is 1. The summed E-state index contributed by atoms with van der Waals surface area (Å²) in [4.78, 5) is 16.5. The van der Waals surface area contributed by atoms with Gasteiger partial charge in [0.25, 0.3) is 0 Å². The summed E-state index contributed by atoms with van der Waals surface area (Å²) >= 11 is 0. The second-order valence-electron chi connectivity index (χ2n) is 9.34. The van der Waals surface area contributed by atoms with Crippen molar-refractivity contribution in [3.8, 4) is 0 Å². The number of benzene rings is 1. The highest BCUT2D eigenvalue weighted by Gasteiger charge is 2.29. The van der Waals surface area contributed by atoms with Gasteiger partial charge in [0.1, 0.15) is 0 Å². The normalized spacial score (nSPS) is 22.6. The number of nitrogens with zero attached hydrogens (tertiary/aromatic N) is 2. The van der Waals surface area contributed by atoms with Crippen LogP contribution in [-0.2, 0) is 21.2 Å². The number of halogens is 1. The first-order chi connectivity index (χ1) is 15.5. The maximum atomic E-state index is 15.4. The molecule has 0 spiro atoms. The summed E-state index contributed by atoms with van der Waals surface area (Å²) in [7, 11) is -3.35. The van der Waals surface area contributed by atoms with Crippen LogP contribution in [-0.4, -0.2) is 69.0 Å². The first kappa shape index (κ1) is 25.7. The van der Waals surface area contributed by atoms with E-state index in [2.05, 4.69) is 14.9 Å². The third-order valence-corrected chi connectivity index (χ3v) is 8.21. The van der Waals surface area contributed by atoms with Crippen LogP contribution >= 0.6 is 0 Å². The lowest BCUT2D eigenvalue weighted by atomic mass is 10.0. The third kappa shape index (κ3) is 6.16. The van der Waals surface area contributed by atoms with Crippen LogP contribution in [0.4, 0.5) is 20.6 Å². The van der Waals surface area contributed by atoms with E-state index in [0.29, 0.717) is 51.0 Å². The Bertz CT molecular complexity index is 938. The minimum atomic E-state index is -3.35. The molecule has 2 aliphatic heterocycles. The zero-order chi connectivity index (χ0) is 24.3. The number of morpholine rings is 1. The predicted molar refractivity (Wildman–Crippen MR) is 129 cm³/mol. The molecule has 2 heterocycles. The average Bonchev–Trinajstić information content (AvgIpc) is 2.74. The highest BCUT2D eigenvalue weighted by atomic mass is 32.2. The molecule has 10 heteroatoms. The molecule has 0 radical (unpaired) electrons. The van der Waals surface area contributed by atoms with Gasteiger partial charge >= 0.3 is 6.03 Å². The van der Waals surface area contributed by atoms with E-state index >= 15 is 4.39 Å². The van der Waals surface area contributed by atoms with Crippen molar-refractivity contribution >= 4 is 27.4 Å². The molecule has 2 saturated heterocycles. The van der Waals surface area contributed by atoms with E-state index < -0.39 is 21.1 Å². The highest BCUT2D eigenvalue weighted by Crippen LogP contribution is 2.31. The van der Waals surface area contributed by atoms with E-state index in [0.717, 1.165) is 5.69 Å². The van der Waals surface area contributed by atoms with Gasteiger partial charge in [-0.05, 0) is 59.1 Å². The minimum Gasteiger partial charge on any atom is -0.372 e. The lowest BCUT2D eigenvalue weighted by Crippen LogP contribution is -2.48. The molecule has 0 saturated carbocycles. The van der Waals surface area contributed by atoms with E-state index in [1.165, 1.54) is 0 Å². The van der Waals surface area contributed by atoms with Crippen LogP contribution in [0.15, 0.2) is 12.1 Å². The number of ether oxygens (including phenoxy) is 1. The Labute approximate surface area is 196 Å². The number of sulfonamides is 1. The summed E-state index contributed by atoms with van der Waals surface area (Å²) < 4.78 is 48.0. The van der Waals surface area contributed by atoms with Crippen LogP contribution in [0.2, 0.25) is 0 Å². The second-order valence-corrected chi connectivity index (χ2v) is 11.6. The first-order valence-corrected chi connectivity index (χ1v) is 13.3. The summed E-state index contributed by atoms with van der Waals surface area (Å²) in [6.07, 6.45) is 1.68. The molecule has 8 nitrogen and oxygen atoms in total. The molecule has 0 aromatic heterocycles. The Kier molecular flexibility index (Phi) is 8.23. The Balaban J connectivity index is 1.65. The molecule has 0 bridgehead atoms. The molecule has 1 aromatic rings. The Hall–Kier alpha value is -1.91. The molecule has 2 N–H and O–H groups in total. The molecule has 2 atom stereocenters. The quantitative estimate of drug-likeness (QED) is 0.646. The lowest BCUT2D eigenvalue weighted by Gasteiger charge is -2.38. The number of hydrogen-bond acceptors (Lipinski definition) is 5. The van der Waals surface area contributed by atoms with Crippen molar-refractivity contribution in [2.45, 2.75) is 77.4 Å². The molecule has 2 aliphatic rings. The zero-order valence-electron chi connectivity index (χ0n) is 20.2. The van der Waals surface area contributed by atoms with Gasteiger partial charge in [-0.15, -0.1) is 0 Å². The molecule has 0 aliphatic carbocycles. The van der Waals surface area contributed by atoms with Crippen LogP contribution in [0.5, 0.6) is 0 Å². The fraction of sp³-hybridized carbons (Fsp3) is 0.696. The van der Waals surface area contributed by atoms with Gasteiger partial charge in [-0.1, -0.05) is 6.92 Å². The molecule has 1 aromatic carbocycles. The van der Waals surface area contributed by atoms with E-state index in [-0.39, 0.29) is 30.0 Å². The number of anilines is 2. The van der Waals surface area contributed by atoms with Crippen molar-refractivity contribution in [1.29, 1.82) is 0 Å². The molecule has 2 amide bonds. The van der Waals surface area contributed by atoms with Crippen LogP contribution in [0.25, 0.3) is 0 Å². The maximum absolute atomic E-state index is 15.4. The number of rotatable bonds is 6. The van der Waals surface area contributed by atoms with E-state index in [1.807, 2.05) is 26.8 Å². The van der Waals surface area contributed by atoms with Gasteiger partial charge < -0.3 is 19.9 Å². The number of urea groups is 1. The van der Waals surface area contributed by atoms with Crippen molar-refractivity contribution in [2.24, 2.45) is 0 Å². The monoisotopic (exact) mass is 484 g/mol. The lowest BCUT2D eigenvalue weighted by molar-refractivity contribution is -0.00527. The smallest absolute Gasteiger partial charge is 0.321 e. The Morgan fingerprint density at radius 3 is 2.33 bits per heavy atom. The Morgan fingerprint density at radius 1 is 1.18 bits per heavy atom. The molecule has 2 unspecified atom stereocenters. The van der Waals surface area contributed by atoms with Crippen LogP contribution in [0.1, 0.15) is 53.0 Å². The number of hydrogen-bond donors (Lipinski definition) is 2. The summed E-state index contributed by atoms with van der Waals surface area (Å²) in [6.45, 7) is 11.4. The van der Waals surface area contributed by atoms with E-state index in [9.17, 15) is 13.2 Å². The Morgan fingerprint density at radius 2 is 1.79 bits per heavy atom. The largest absolute Gasteiger partial charge is 0.372 e. The maximum Gasteiger partial charge on any atom is 0.321 e. The predicted octanol–water partition coefficient (Wildman–Crippen LogP) is 3.33. The number of amides is 2. The topological polar surface area (TPSA) is 91.0 Å². The van der Waals surface area contributed by atoms with Crippen molar-refractivity contribution in [1.82, 2.24) is 9.62 Å². The number of carbonyl (C=O) groups excluding carboxylic acids is 1. The highest BCUT2D eigenvalue weighted by molar-refractivity contribution is 7.90. The first-order valence-electron chi connectivity index (χ1n) is 11.8. The molecule has 2 fully saturated rings.